The van der Waals surface area contributed by atoms with Gasteiger partial charge >= 0.3 is 0 Å². The molecule has 0 aliphatic rings. The Balaban J connectivity index is 2.00. The number of nitrogens with one attached hydrogen (secondary N) is 1. The fourth-order valence-corrected chi connectivity index (χ4v) is 3.53. The molecule has 0 atom stereocenters. The molecule has 0 bridgehead atoms. The topological polar surface area (TPSA) is 33.1 Å². The second kappa shape index (κ2) is 5.97. The van der Waals surface area contributed by atoms with E-state index in [2.05, 4.69) is 67.1 Å². The van der Waals surface area contributed by atoms with Gasteiger partial charge in [0.2, 0.25) is 4.77 Å². The molecule has 3 nitrogen and oxygen atoms in total. The quantitative estimate of drug-likeness (QED) is 0.476. The standard InChI is InChI=1S/C21H19N3S/c1-13-8-9-17(15(3)10-13)19-12-24-20(23-19)18(11-22-21(24)25)16-7-5-4-6-14(16)2/h4-12,23H,1-3H3. The molecule has 2 aromatic heterocycles. The molecule has 4 rings (SSSR count). The molecule has 0 aliphatic carbocycles. The molecule has 4 heteroatoms. The van der Waals surface area contributed by atoms with Crippen LogP contribution in [0.1, 0.15) is 16.7 Å². The van der Waals surface area contributed by atoms with Gasteiger partial charge in [0.05, 0.1) is 5.69 Å². The summed E-state index contributed by atoms with van der Waals surface area (Å²) in [7, 11) is 0. The molecule has 1 N–H and O–H groups in total. The Morgan fingerprint density at radius 1 is 0.920 bits per heavy atom. The highest BCUT2D eigenvalue weighted by molar-refractivity contribution is 7.71. The molecule has 0 saturated carbocycles. The fourth-order valence-electron chi connectivity index (χ4n) is 3.33. The average molecular weight is 345 g/mol. The largest absolute Gasteiger partial charge is 0.339 e. The maximum absolute atomic E-state index is 5.44. The molecule has 0 unspecified atom stereocenters. The zero-order valence-electron chi connectivity index (χ0n) is 14.5. The number of rotatable bonds is 2. The van der Waals surface area contributed by atoms with Gasteiger partial charge in [-0.2, -0.15) is 0 Å². The highest BCUT2D eigenvalue weighted by atomic mass is 32.1. The number of aryl methyl sites for hydroxylation is 3. The predicted octanol–water partition coefficient (Wildman–Crippen LogP) is 5.65. The van der Waals surface area contributed by atoms with Crippen molar-refractivity contribution >= 4 is 17.9 Å². The van der Waals surface area contributed by atoms with Gasteiger partial charge in [-0.3, -0.25) is 4.40 Å². The monoisotopic (exact) mass is 345 g/mol. The van der Waals surface area contributed by atoms with Gasteiger partial charge in [0.1, 0.15) is 5.65 Å². The lowest BCUT2D eigenvalue weighted by Gasteiger charge is -2.07. The Hall–Kier alpha value is -2.72. The van der Waals surface area contributed by atoms with Crippen molar-refractivity contribution in [3.63, 3.8) is 0 Å². The van der Waals surface area contributed by atoms with Crippen LogP contribution in [0.5, 0.6) is 0 Å². The lowest BCUT2D eigenvalue weighted by Crippen LogP contribution is -1.93. The molecule has 0 spiro atoms. The summed E-state index contributed by atoms with van der Waals surface area (Å²) in [6.45, 7) is 6.35. The summed E-state index contributed by atoms with van der Waals surface area (Å²) >= 11 is 5.44. The summed E-state index contributed by atoms with van der Waals surface area (Å²) in [6.07, 6.45) is 3.91. The van der Waals surface area contributed by atoms with E-state index in [9.17, 15) is 0 Å². The third kappa shape index (κ3) is 2.68. The number of nitrogens with zero attached hydrogens (tertiary/aromatic N) is 2. The smallest absolute Gasteiger partial charge is 0.205 e. The maximum Gasteiger partial charge on any atom is 0.205 e. The molecule has 124 valence electrons. The molecule has 2 aromatic carbocycles. The summed E-state index contributed by atoms with van der Waals surface area (Å²) in [5.74, 6) is 0. The summed E-state index contributed by atoms with van der Waals surface area (Å²) < 4.78 is 2.52. The van der Waals surface area contributed by atoms with Crippen molar-refractivity contribution in [3.05, 3.63) is 76.3 Å². The number of H-pyrrole nitrogens is 1. The van der Waals surface area contributed by atoms with Gasteiger partial charge in [0, 0.05) is 23.5 Å². The second-order valence-electron chi connectivity index (χ2n) is 6.47. The Labute approximate surface area is 152 Å². The number of fused-ring (bicyclic) bond motifs is 1. The van der Waals surface area contributed by atoms with Crippen molar-refractivity contribution in [2.75, 3.05) is 0 Å². The Kier molecular flexibility index (Phi) is 3.77. The lowest BCUT2D eigenvalue weighted by molar-refractivity contribution is 1.06. The molecular weight excluding hydrogens is 326 g/mol. The van der Waals surface area contributed by atoms with Gasteiger partial charge < -0.3 is 4.98 Å². The molecule has 0 amide bonds. The first-order valence-electron chi connectivity index (χ1n) is 8.28. The number of imidazole rings is 1. The van der Waals surface area contributed by atoms with E-state index in [-0.39, 0.29) is 0 Å². The van der Waals surface area contributed by atoms with E-state index in [1.165, 1.54) is 22.3 Å². The summed E-state index contributed by atoms with van der Waals surface area (Å²) in [5.41, 5.74) is 9.14. The van der Waals surface area contributed by atoms with Crippen LogP contribution in [0, 0.1) is 25.5 Å². The van der Waals surface area contributed by atoms with Crippen molar-refractivity contribution in [3.8, 4) is 22.4 Å². The number of benzene rings is 2. The van der Waals surface area contributed by atoms with Crippen LogP contribution in [0.2, 0.25) is 0 Å². The van der Waals surface area contributed by atoms with Gasteiger partial charge in [-0.1, -0.05) is 48.0 Å². The van der Waals surface area contributed by atoms with Crippen molar-refractivity contribution in [2.24, 2.45) is 0 Å². The summed E-state index contributed by atoms with van der Waals surface area (Å²) in [6, 6.07) is 14.8. The van der Waals surface area contributed by atoms with Crippen molar-refractivity contribution in [1.29, 1.82) is 0 Å². The third-order valence-corrected chi connectivity index (χ3v) is 4.93. The average Bonchev–Trinajstić information content (AvgIpc) is 3.02. The van der Waals surface area contributed by atoms with Crippen LogP contribution < -0.4 is 0 Å². The van der Waals surface area contributed by atoms with Gasteiger partial charge in [0.15, 0.2) is 0 Å². The lowest BCUT2D eigenvalue weighted by atomic mass is 10.0. The van der Waals surface area contributed by atoms with Gasteiger partial charge in [-0.15, -0.1) is 0 Å². The van der Waals surface area contributed by atoms with Gasteiger partial charge in [0.25, 0.3) is 0 Å². The van der Waals surface area contributed by atoms with E-state index in [0.29, 0.717) is 4.77 Å². The van der Waals surface area contributed by atoms with Crippen LogP contribution in [0.4, 0.5) is 0 Å². The van der Waals surface area contributed by atoms with Crippen LogP contribution in [0.25, 0.3) is 28.0 Å². The number of aromatic amines is 1. The Morgan fingerprint density at radius 3 is 2.48 bits per heavy atom. The first-order chi connectivity index (χ1) is 12.0. The minimum atomic E-state index is 0.555. The highest BCUT2D eigenvalue weighted by Crippen LogP contribution is 2.30. The normalized spacial score (nSPS) is 11.2. The number of hydrogen-bond acceptors (Lipinski definition) is 2. The van der Waals surface area contributed by atoms with Crippen LogP contribution in [0.15, 0.2) is 54.9 Å². The SMILES string of the molecule is Cc1ccc(-c2cn3c(=S)ncc(-c4ccccc4C)c3[nH]2)c(C)c1. The zero-order chi connectivity index (χ0) is 17.6. The minimum Gasteiger partial charge on any atom is -0.339 e. The second-order valence-corrected chi connectivity index (χ2v) is 6.84. The first kappa shape index (κ1) is 15.8. The number of hydrogen-bond donors (Lipinski definition) is 1. The van der Waals surface area contributed by atoms with E-state index >= 15 is 0 Å². The Morgan fingerprint density at radius 2 is 1.72 bits per heavy atom. The fraction of sp³-hybridized carbons (Fsp3) is 0.143. The molecule has 2 heterocycles. The zero-order valence-corrected chi connectivity index (χ0v) is 15.3. The predicted molar refractivity (Wildman–Crippen MR) is 105 cm³/mol. The van der Waals surface area contributed by atoms with Crippen molar-refractivity contribution in [1.82, 2.24) is 14.4 Å². The van der Waals surface area contributed by atoms with E-state index in [4.69, 9.17) is 12.2 Å². The molecule has 4 aromatic rings. The first-order valence-corrected chi connectivity index (χ1v) is 8.69. The molecule has 0 saturated heterocycles. The van der Waals surface area contributed by atoms with Crippen LogP contribution in [0.3, 0.4) is 0 Å². The van der Waals surface area contributed by atoms with Crippen molar-refractivity contribution in [2.45, 2.75) is 20.8 Å². The maximum atomic E-state index is 5.44. The summed E-state index contributed by atoms with van der Waals surface area (Å²) in [4.78, 5) is 7.99. The van der Waals surface area contributed by atoms with E-state index < -0.39 is 0 Å². The molecular formula is C21H19N3S. The van der Waals surface area contributed by atoms with E-state index in [1.54, 1.807) is 0 Å². The molecule has 0 aliphatic heterocycles. The van der Waals surface area contributed by atoms with Crippen molar-refractivity contribution < 1.29 is 0 Å². The third-order valence-electron chi connectivity index (χ3n) is 4.62. The van der Waals surface area contributed by atoms with Gasteiger partial charge in [-0.25, -0.2) is 4.98 Å². The molecule has 25 heavy (non-hydrogen) atoms. The number of aromatic nitrogens is 3. The van der Waals surface area contributed by atoms with Crippen LogP contribution in [-0.2, 0) is 0 Å². The minimum absolute atomic E-state index is 0.555. The Bertz CT molecular complexity index is 1150. The molecule has 0 fully saturated rings. The molecule has 0 radical (unpaired) electrons. The van der Waals surface area contributed by atoms with E-state index in [0.717, 1.165) is 22.5 Å². The van der Waals surface area contributed by atoms with Crippen LogP contribution >= 0.6 is 12.2 Å². The van der Waals surface area contributed by atoms with Gasteiger partial charge in [-0.05, 0) is 49.7 Å². The van der Waals surface area contributed by atoms with E-state index in [1.807, 2.05) is 22.9 Å². The van der Waals surface area contributed by atoms with Crippen LogP contribution in [-0.4, -0.2) is 14.4 Å². The summed E-state index contributed by atoms with van der Waals surface area (Å²) in [5, 5.41) is 0. The highest BCUT2D eigenvalue weighted by Gasteiger charge is 2.12.